The first-order valence-corrected chi connectivity index (χ1v) is 10.3. The highest BCUT2D eigenvalue weighted by Crippen LogP contribution is 2.26. The van der Waals surface area contributed by atoms with Crippen LogP contribution < -0.4 is 14.8 Å². The molecule has 1 saturated heterocycles. The molecule has 30 heavy (non-hydrogen) atoms. The van der Waals surface area contributed by atoms with Gasteiger partial charge in [-0.2, -0.15) is 0 Å². The highest BCUT2D eigenvalue weighted by atomic mass is 16.5. The van der Waals surface area contributed by atoms with E-state index in [2.05, 4.69) is 10.2 Å². The largest absolute Gasteiger partial charge is 0.493 e. The fourth-order valence-corrected chi connectivity index (χ4v) is 3.29. The van der Waals surface area contributed by atoms with Crippen LogP contribution in [0.2, 0.25) is 0 Å². The van der Waals surface area contributed by atoms with Crippen LogP contribution in [-0.2, 0) is 0 Å². The van der Waals surface area contributed by atoms with E-state index in [9.17, 15) is 4.79 Å². The summed E-state index contributed by atoms with van der Waals surface area (Å²) in [5.74, 6) is 2.56. The molecule has 0 radical (unpaired) electrons. The van der Waals surface area contributed by atoms with Crippen LogP contribution in [0.4, 0.5) is 0 Å². The van der Waals surface area contributed by atoms with Crippen LogP contribution >= 0.6 is 0 Å². The zero-order chi connectivity index (χ0) is 21.3. The Morgan fingerprint density at radius 3 is 2.47 bits per heavy atom. The molecule has 1 amide bonds. The van der Waals surface area contributed by atoms with E-state index in [0.29, 0.717) is 50.0 Å². The van der Waals surface area contributed by atoms with Crippen molar-refractivity contribution in [2.24, 2.45) is 4.99 Å². The maximum Gasteiger partial charge on any atom is 0.289 e. The number of aliphatic imine (C=N–C) groups is 1. The van der Waals surface area contributed by atoms with E-state index in [0.717, 1.165) is 12.5 Å². The number of furan rings is 1. The molecule has 1 aliphatic heterocycles. The Hall–Kier alpha value is -3.16. The maximum absolute atomic E-state index is 12.4. The minimum absolute atomic E-state index is 0.0691. The number of hydrogen-bond acceptors (Lipinski definition) is 5. The van der Waals surface area contributed by atoms with Gasteiger partial charge in [-0.05, 0) is 38.1 Å². The predicted octanol–water partition coefficient (Wildman–Crippen LogP) is 2.48. The van der Waals surface area contributed by atoms with E-state index in [4.69, 9.17) is 18.9 Å². The van der Waals surface area contributed by atoms with Crippen LogP contribution in [-0.4, -0.2) is 74.1 Å². The summed E-state index contributed by atoms with van der Waals surface area (Å²) in [5.41, 5.74) is 0. The smallest absolute Gasteiger partial charge is 0.289 e. The molecule has 162 valence electrons. The Morgan fingerprint density at radius 1 is 1.13 bits per heavy atom. The molecule has 1 aromatic heterocycles. The number of carbonyl (C=O) groups excluding carboxylic acids is 1. The number of ether oxygens (including phenoxy) is 2. The summed E-state index contributed by atoms with van der Waals surface area (Å²) in [4.78, 5) is 21.2. The second-order valence-corrected chi connectivity index (χ2v) is 7.03. The minimum atomic E-state index is -0.114. The second-order valence-electron chi connectivity index (χ2n) is 7.03. The van der Waals surface area contributed by atoms with Gasteiger partial charge in [0.05, 0.1) is 19.9 Å². The fourth-order valence-electron chi connectivity index (χ4n) is 3.29. The lowest BCUT2D eigenvalue weighted by Gasteiger charge is -2.36. The predicted molar refractivity (Wildman–Crippen MR) is 115 cm³/mol. The highest BCUT2D eigenvalue weighted by molar-refractivity contribution is 5.91. The number of rotatable bonds is 7. The topological polar surface area (TPSA) is 79.5 Å². The first kappa shape index (κ1) is 21.5. The molecule has 2 heterocycles. The van der Waals surface area contributed by atoms with Crippen molar-refractivity contribution in [2.75, 3.05) is 46.4 Å². The molecule has 2 aromatic rings. The number of carbonyl (C=O) groups is 1. The Bertz CT molecular complexity index is 829. The third kappa shape index (κ3) is 5.46. The van der Waals surface area contributed by atoms with Crippen molar-refractivity contribution in [2.45, 2.75) is 20.0 Å². The lowest BCUT2D eigenvalue weighted by atomic mass is 10.3. The van der Waals surface area contributed by atoms with E-state index in [1.54, 1.807) is 19.2 Å². The van der Waals surface area contributed by atoms with Crippen LogP contribution in [0.15, 0.2) is 52.1 Å². The molecule has 1 fully saturated rings. The summed E-state index contributed by atoms with van der Waals surface area (Å²) in [7, 11) is 1.63. The van der Waals surface area contributed by atoms with Crippen molar-refractivity contribution in [3.63, 3.8) is 0 Å². The third-order valence-corrected chi connectivity index (χ3v) is 4.83. The average molecular weight is 415 g/mol. The van der Waals surface area contributed by atoms with Gasteiger partial charge >= 0.3 is 0 Å². The van der Waals surface area contributed by atoms with Crippen molar-refractivity contribution in [3.05, 3.63) is 48.4 Å². The summed E-state index contributed by atoms with van der Waals surface area (Å²) >= 11 is 0. The number of hydrogen-bond donors (Lipinski definition) is 1. The van der Waals surface area contributed by atoms with Crippen molar-refractivity contribution < 1.29 is 18.7 Å². The Morgan fingerprint density at radius 2 is 1.83 bits per heavy atom. The average Bonchev–Trinajstić information content (AvgIpc) is 3.31. The molecule has 0 saturated carbocycles. The number of guanidine groups is 1. The van der Waals surface area contributed by atoms with Gasteiger partial charge in [0.1, 0.15) is 6.10 Å². The first-order chi connectivity index (χ1) is 14.6. The number of amides is 1. The lowest BCUT2D eigenvalue weighted by molar-refractivity contribution is 0.0657. The number of methoxy groups -OCH3 is 1. The van der Waals surface area contributed by atoms with Gasteiger partial charge in [-0.3, -0.25) is 4.79 Å². The zero-order valence-electron chi connectivity index (χ0n) is 17.8. The van der Waals surface area contributed by atoms with Gasteiger partial charge in [0.2, 0.25) is 0 Å². The minimum Gasteiger partial charge on any atom is -0.493 e. The van der Waals surface area contributed by atoms with Gasteiger partial charge in [0.15, 0.2) is 23.2 Å². The van der Waals surface area contributed by atoms with Crippen LogP contribution in [0.5, 0.6) is 11.5 Å². The summed E-state index contributed by atoms with van der Waals surface area (Å²) in [6, 6.07) is 11.0. The number of nitrogens with one attached hydrogen (secondary N) is 1. The monoisotopic (exact) mass is 414 g/mol. The summed E-state index contributed by atoms with van der Waals surface area (Å²) in [6.45, 7) is 7.97. The first-order valence-electron chi connectivity index (χ1n) is 10.3. The summed E-state index contributed by atoms with van der Waals surface area (Å²) < 4.78 is 16.6. The number of nitrogens with zero attached hydrogens (tertiary/aromatic N) is 3. The normalized spacial score (nSPS) is 15.6. The Balaban J connectivity index is 1.56. The van der Waals surface area contributed by atoms with Crippen LogP contribution in [0.1, 0.15) is 24.4 Å². The van der Waals surface area contributed by atoms with Crippen LogP contribution in [0, 0.1) is 0 Å². The van der Waals surface area contributed by atoms with Crippen molar-refractivity contribution >= 4 is 11.9 Å². The van der Waals surface area contributed by atoms with Gasteiger partial charge in [-0.1, -0.05) is 12.1 Å². The van der Waals surface area contributed by atoms with E-state index < -0.39 is 0 Å². The standard InChI is InChI=1S/C22H30N4O4/c1-4-23-22(24-16-17(2)30-19-9-6-5-8-18(19)28-3)26-13-11-25(12-14-26)21(27)20-10-7-15-29-20/h5-10,15,17H,4,11-14,16H2,1-3H3,(H,23,24). The second kappa shape index (κ2) is 10.6. The molecule has 8 nitrogen and oxygen atoms in total. The molecule has 1 atom stereocenters. The molecule has 0 bridgehead atoms. The van der Waals surface area contributed by atoms with Gasteiger partial charge in [0, 0.05) is 32.7 Å². The van der Waals surface area contributed by atoms with Gasteiger partial charge in [-0.25, -0.2) is 4.99 Å². The molecular weight excluding hydrogens is 384 g/mol. The van der Waals surface area contributed by atoms with Gasteiger partial charge < -0.3 is 29.0 Å². The number of benzene rings is 1. The summed E-state index contributed by atoms with van der Waals surface area (Å²) in [6.07, 6.45) is 1.41. The SMILES string of the molecule is CCNC(=NCC(C)Oc1ccccc1OC)N1CCN(C(=O)c2ccco2)CC1. The Kier molecular flexibility index (Phi) is 7.59. The van der Waals surface area contributed by atoms with Crippen molar-refractivity contribution in [1.82, 2.24) is 15.1 Å². The molecule has 1 N–H and O–H groups in total. The van der Waals surface area contributed by atoms with Crippen molar-refractivity contribution in [1.29, 1.82) is 0 Å². The van der Waals surface area contributed by atoms with E-state index in [1.807, 2.05) is 43.0 Å². The molecule has 3 rings (SSSR count). The van der Waals surface area contributed by atoms with E-state index >= 15 is 0 Å². The molecule has 1 unspecified atom stereocenters. The maximum atomic E-state index is 12.4. The lowest BCUT2D eigenvalue weighted by Crippen LogP contribution is -2.53. The molecule has 1 aliphatic rings. The van der Waals surface area contributed by atoms with E-state index in [1.165, 1.54) is 6.26 Å². The number of piperazine rings is 1. The molecule has 0 spiro atoms. The summed E-state index contributed by atoms with van der Waals surface area (Å²) in [5, 5.41) is 3.34. The quantitative estimate of drug-likeness (QED) is 0.554. The fraction of sp³-hybridized carbons (Fsp3) is 0.455. The third-order valence-electron chi connectivity index (χ3n) is 4.83. The van der Waals surface area contributed by atoms with Crippen molar-refractivity contribution in [3.8, 4) is 11.5 Å². The van der Waals surface area contributed by atoms with E-state index in [-0.39, 0.29) is 12.0 Å². The molecule has 1 aromatic carbocycles. The Labute approximate surface area is 177 Å². The van der Waals surface area contributed by atoms with Gasteiger partial charge in [-0.15, -0.1) is 0 Å². The number of para-hydroxylation sites is 2. The van der Waals surface area contributed by atoms with Crippen LogP contribution in [0.3, 0.4) is 0 Å². The highest BCUT2D eigenvalue weighted by Gasteiger charge is 2.25. The molecular formula is C22H30N4O4. The van der Waals surface area contributed by atoms with Gasteiger partial charge in [0.25, 0.3) is 5.91 Å². The van der Waals surface area contributed by atoms with Crippen LogP contribution in [0.25, 0.3) is 0 Å². The zero-order valence-corrected chi connectivity index (χ0v) is 17.8. The molecule has 0 aliphatic carbocycles. The molecule has 8 heteroatoms.